The van der Waals surface area contributed by atoms with Crippen LogP contribution in [-0.4, -0.2) is 55.5 Å². The molecule has 3 rings (SSSR count). The molecule has 2 saturated heterocycles. The largest absolute Gasteiger partial charge is 0.454 e. The molecule has 0 unspecified atom stereocenters. The Bertz CT molecular complexity index is 728. The summed E-state index contributed by atoms with van der Waals surface area (Å²) in [5.74, 6) is -0.952. The molecule has 2 amide bonds. The third-order valence-electron chi connectivity index (χ3n) is 5.31. The topological polar surface area (TPSA) is 79.0 Å². The fraction of sp³-hybridized carbons (Fsp3) is 0.571. The second kappa shape index (κ2) is 9.57. The zero-order valence-electron chi connectivity index (χ0n) is 16.5. The second-order valence-corrected chi connectivity index (χ2v) is 7.53. The van der Waals surface area contributed by atoms with Gasteiger partial charge in [-0.3, -0.25) is 14.4 Å². The van der Waals surface area contributed by atoms with E-state index in [0.29, 0.717) is 18.7 Å². The fourth-order valence-electron chi connectivity index (χ4n) is 3.70. The van der Waals surface area contributed by atoms with E-state index in [4.69, 9.17) is 4.74 Å². The SMILES string of the molecule is Cc1cc(N2CCCC2)ccc1NC(=O)COC(=O)CN1CCCCCC1=O. The maximum absolute atomic E-state index is 12.1. The minimum absolute atomic E-state index is 0.0207. The van der Waals surface area contributed by atoms with Crippen LogP contribution in [0, 0.1) is 6.92 Å². The summed E-state index contributed by atoms with van der Waals surface area (Å²) >= 11 is 0. The number of hydrogen-bond donors (Lipinski definition) is 1. The predicted octanol–water partition coefficient (Wildman–Crippen LogP) is 2.48. The Morgan fingerprint density at radius 3 is 2.57 bits per heavy atom. The highest BCUT2D eigenvalue weighted by Gasteiger charge is 2.20. The summed E-state index contributed by atoms with van der Waals surface area (Å²) in [6.45, 7) is 4.22. The van der Waals surface area contributed by atoms with E-state index in [9.17, 15) is 14.4 Å². The molecule has 0 aliphatic carbocycles. The van der Waals surface area contributed by atoms with Gasteiger partial charge in [0.2, 0.25) is 5.91 Å². The van der Waals surface area contributed by atoms with Crippen LogP contribution in [-0.2, 0) is 19.1 Å². The second-order valence-electron chi connectivity index (χ2n) is 7.53. The van der Waals surface area contributed by atoms with Crippen LogP contribution in [0.4, 0.5) is 11.4 Å². The molecule has 1 N–H and O–H groups in total. The first-order valence-corrected chi connectivity index (χ1v) is 10.1. The van der Waals surface area contributed by atoms with Crippen molar-refractivity contribution in [3.8, 4) is 0 Å². The minimum Gasteiger partial charge on any atom is -0.454 e. The highest BCUT2D eigenvalue weighted by atomic mass is 16.5. The normalized spacial score (nSPS) is 17.4. The number of nitrogens with one attached hydrogen (secondary N) is 1. The summed E-state index contributed by atoms with van der Waals surface area (Å²) in [4.78, 5) is 39.9. The third kappa shape index (κ3) is 5.47. The quantitative estimate of drug-likeness (QED) is 0.759. The zero-order chi connectivity index (χ0) is 19.9. The molecule has 2 fully saturated rings. The maximum Gasteiger partial charge on any atom is 0.326 e. The van der Waals surface area contributed by atoms with Gasteiger partial charge < -0.3 is 19.9 Å². The predicted molar refractivity (Wildman–Crippen MR) is 107 cm³/mol. The van der Waals surface area contributed by atoms with Gasteiger partial charge in [-0.15, -0.1) is 0 Å². The third-order valence-corrected chi connectivity index (χ3v) is 5.31. The lowest BCUT2D eigenvalue weighted by molar-refractivity contribution is -0.151. The van der Waals surface area contributed by atoms with Crippen LogP contribution in [0.5, 0.6) is 0 Å². The Morgan fingerprint density at radius 1 is 1.07 bits per heavy atom. The molecule has 1 aromatic carbocycles. The molecule has 0 radical (unpaired) electrons. The number of benzene rings is 1. The van der Waals surface area contributed by atoms with E-state index in [1.807, 2.05) is 19.1 Å². The van der Waals surface area contributed by atoms with E-state index < -0.39 is 5.97 Å². The number of carbonyl (C=O) groups excluding carboxylic acids is 3. The van der Waals surface area contributed by atoms with Crippen LogP contribution in [0.25, 0.3) is 0 Å². The van der Waals surface area contributed by atoms with Crippen molar-refractivity contribution in [1.82, 2.24) is 4.90 Å². The molecule has 1 aromatic rings. The van der Waals surface area contributed by atoms with Gasteiger partial charge in [0, 0.05) is 37.4 Å². The van der Waals surface area contributed by atoms with E-state index >= 15 is 0 Å². The molecule has 0 bridgehead atoms. The summed E-state index contributed by atoms with van der Waals surface area (Å²) in [6.07, 6.45) is 5.66. The fourth-order valence-corrected chi connectivity index (χ4v) is 3.70. The molecule has 0 spiro atoms. The number of anilines is 2. The number of hydrogen-bond acceptors (Lipinski definition) is 5. The van der Waals surface area contributed by atoms with Crippen molar-refractivity contribution in [2.45, 2.75) is 45.4 Å². The Hall–Kier alpha value is -2.57. The first-order valence-electron chi connectivity index (χ1n) is 10.1. The number of amides is 2. The van der Waals surface area contributed by atoms with Crippen molar-refractivity contribution >= 4 is 29.2 Å². The van der Waals surface area contributed by atoms with Crippen LogP contribution in [0.1, 0.15) is 44.1 Å². The maximum atomic E-state index is 12.1. The van der Waals surface area contributed by atoms with Gasteiger partial charge in [-0.25, -0.2) is 0 Å². The van der Waals surface area contributed by atoms with Gasteiger partial charge in [-0.1, -0.05) is 6.42 Å². The van der Waals surface area contributed by atoms with Gasteiger partial charge in [-0.05, 0) is 56.4 Å². The lowest BCUT2D eigenvalue weighted by Gasteiger charge is -2.20. The van der Waals surface area contributed by atoms with E-state index in [0.717, 1.165) is 37.9 Å². The van der Waals surface area contributed by atoms with E-state index in [-0.39, 0.29) is 25.0 Å². The Kier molecular flexibility index (Phi) is 6.90. The number of ether oxygens (including phenoxy) is 1. The van der Waals surface area contributed by atoms with E-state index in [1.165, 1.54) is 23.4 Å². The number of carbonyl (C=O) groups is 3. The lowest BCUT2D eigenvalue weighted by Crippen LogP contribution is -2.36. The zero-order valence-corrected chi connectivity index (χ0v) is 16.5. The minimum atomic E-state index is -0.550. The smallest absolute Gasteiger partial charge is 0.326 e. The summed E-state index contributed by atoms with van der Waals surface area (Å²) in [6, 6.07) is 5.96. The standard InChI is InChI=1S/C21H29N3O4/c1-16-13-17(23-10-5-6-11-23)8-9-18(16)22-19(25)15-28-21(27)14-24-12-4-2-3-7-20(24)26/h8-9,13H,2-7,10-12,14-15H2,1H3,(H,22,25). The van der Waals surface area contributed by atoms with Crippen LogP contribution in [0.15, 0.2) is 18.2 Å². The average Bonchev–Trinajstić information content (AvgIpc) is 3.14. The molecular formula is C21H29N3O4. The Labute approximate surface area is 166 Å². The number of rotatable bonds is 6. The molecule has 152 valence electrons. The first-order chi connectivity index (χ1) is 13.5. The van der Waals surface area contributed by atoms with Gasteiger partial charge in [-0.2, -0.15) is 0 Å². The number of aryl methyl sites for hydroxylation is 1. The summed E-state index contributed by atoms with van der Waals surface area (Å²) in [7, 11) is 0. The van der Waals surface area contributed by atoms with Gasteiger partial charge in [0.15, 0.2) is 6.61 Å². The molecule has 7 heteroatoms. The number of esters is 1. The highest BCUT2D eigenvalue weighted by molar-refractivity contribution is 5.94. The molecule has 2 aliphatic rings. The molecule has 0 saturated carbocycles. The van der Waals surface area contributed by atoms with Crippen LogP contribution >= 0.6 is 0 Å². The molecule has 2 heterocycles. The summed E-state index contributed by atoms with van der Waals surface area (Å²) in [5, 5.41) is 2.79. The van der Waals surface area contributed by atoms with Crippen molar-refractivity contribution in [2.24, 2.45) is 0 Å². The summed E-state index contributed by atoms with van der Waals surface area (Å²) in [5.41, 5.74) is 2.85. The Balaban J connectivity index is 1.46. The van der Waals surface area contributed by atoms with Crippen molar-refractivity contribution in [3.63, 3.8) is 0 Å². The van der Waals surface area contributed by atoms with Crippen LogP contribution in [0.2, 0.25) is 0 Å². The molecule has 28 heavy (non-hydrogen) atoms. The lowest BCUT2D eigenvalue weighted by atomic mass is 10.1. The highest BCUT2D eigenvalue weighted by Crippen LogP contribution is 2.25. The van der Waals surface area contributed by atoms with Crippen LogP contribution in [0.3, 0.4) is 0 Å². The number of likely N-dealkylation sites (tertiary alicyclic amines) is 1. The Morgan fingerprint density at radius 2 is 1.82 bits per heavy atom. The van der Waals surface area contributed by atoms with Crippen molar-refractivity contribution in [2.75, 3.05) is 43.0 Å². The van der Waals surface area contributed by atoms with Gasteiger partial charge in [0.25, 0.3) is 5.91 Å². The van der Waals surface area contributed by atoms with Gasteiger partial charge >= 0.3 is 5.97 Å². The molecule has 7 nitrogen and oxygen atoms in total. The van der Waals surface area contributed by atoms with Gasteiger partial charge in [0.05, 0.1) is 0 Å². The molecular weight excluding hydrogens is 358 g/mol. The summed E-state index contributed by atoms with van der Waals surface area (Å²) < 4.78 is 5.06. The van der Waals surface area contributed by atoms with E-state index in [1.54, 1.807) is 0 Å². The monoisotopic (exact) mass is 387 g/mol. The van der Waals surface area contributed by atoms with Crippen molar-refractivity contribution in [3.05, 3.63) is 23.8 Å². The average molecular weight is 387 g/mol. The molecule has 0 atom stereocenters. The molecule has 0 aromatic heterocycles. The van der Waals surface area contributed by atoms with Crippen LogP contribution < -0.4 is 10.2 Å². The molecule has 2 aliphatic heterocycles. The van der Waals surface area contributed by atoms with Crippen molar-refractivity contribution < 1.29 is 19.1 Å². The number of nitrogens with zero attached hydrogens (tertiary/aromatic N) is 2. The van der Waals surface area contributed by atoms with Gasteiger partial charge in [0.1, 0.15) is 6.54 Å². The van der Waals surface area contributed by atoms with E-state index in [2.05, 4.69) is 16.3 Å². The van der Waals surface area contributed by atoms with Crippen molar-refractivity contribution in [1.29, 1.82) is 0 Å². The first kappa shape index (κ1) is 20.2.